The van der Waals surface area contributed by atoms with Gasteiger partial charge in [0.2, 0.25) is 0 Å². The molecule has 0 aromatic heterocycles. The van der Waals surface area contributed by atoms with E-state index in [9.17, 15) is 9.59 Å². The molecule has 5 aliphatic rings. The highest BCUT2D eigenvalue weighted by molar-refractivity contribution is 5.98. The van der Waals surface area contributed by atoms with E-state index in [1.807, 2.05) is 0 Å². The van der Waals surface area contributed by atoms with Crippen molar-refractivity contribution in [3.8, 4) is 0 Å². The molecule has 3 nitrogen and oxygen atoms in total. The van der Waals surface area contributed by atoms with Crippen molar-refractivity contribution in [3.05, 3.63) is 11.1 Å². The van der Waals surface area contributed by atoms with Crippen LogP contribution in [0.3, 0.4) is 0 Å². The van der Waals surface area contributed by atoms with E-state index in [2.05, 4.69) is 20.8 Å². The molecule has 3 fully saturated rings. The van der Waals surface area contributed by atoms with Gasteiger partial charge in [0.1, 0.15) is 0 Å². The summed E-state index contributed by atoms with van der Waals surface area (Å²) in [5, 5.41) is 0. The number of carbonyl (C=O) groups excluding carboxylic acids is 2. The number of rotatable bonds is 0. The zero-order valence-corrected chi connectivity index (χ0v) is 12.2. The third-order valence-electron chi connectivity index (χ3n) is 7.78. The van der Waals surface area contributed by atoms with Crippen molar-refractivity contribution in [2.75, 3.05) is 0 Å². The third kappa shape index (κ3) is 0.872. The van der Waals surface area contributed by atoms with Crippen LogP contribution in [-0.4, -0.2) is 11.9 Å². The lowest BCUT2D eigenvalue weighted by Crippen LogP contribution is -2.34. The molecule has 1 heterocycles. The first kappa shape index (κ1) is 11.5. The SMILES string of the molecule is CC1(C)[C@H]2CC[C@]1(C)C1=C2[C@H]2C[C@H]1[C@H]1C(=O)OC(=O)[C@H]12. The second-order valence-corrected chi connectivity index (χ2v) is 8.25. The maximum Gasteiger partial charge on any atom is 0.318 e. The minimum atomic E-state index is -0.247. The highest BCUT2D eigenvalue weighted by Gasteiger charge is 2.72. The predicted molar refractivity (Wildman–Crippen MR) is 71.3 cm³/mol. The molecule has 0 aromatic carbocycles. The average molecular weight is 272 g/mol. The van der Waals surface area contributed by atoms with Crippen molar-refractivity contribution in [1.29, 1.82) is 0 Å². The van der Waals surface area contributed by atoms with E-state index in [0.29, 0.717) is 23.2 Å². The molecule has 0 unspecified atom stereocenters. The fraction of sp³-hybridized carbons (Fsp3) is 0.765. The molecule has 6 atom stereocenters. The van der Waals surface area contributed by atoms with Gasteiger partial charge in [-0.3, -0.25) is 9.59 Å². The molecule has 4 bridgehead atoms. The molecule has 3 heteroatoms. The Morgan fingerprint density at radius 1 is 1.05 bits per heavy atom. The molecule has 0 amide bonds. The second-order valence-electron chi connectivity index (χ2n) is 8.25. The summed E-state index contributed by atoms with van der Waals surface area (Å²) in [5.41, 5.74) is 3.67. The first-order valence-corrected chi connectivity index (χ1v) is 7.88. The third-order valence-corrected chi connectivity index (χ3v) is 7.78. The van der Waals surface area contributed by atoms with E-state index in [-0.39, 0.29) is 29.2 Å². The lowest BCUT2D eigenvalue weighted by atomic mass is 9.63. The van der Waals surface area contributed by atoms with Crippen molar-refractivity contribution in [2.45, 2.75) is 40.0 Å². The molecule has 0 aromatic rings. The fourth-order valence-corrected chi connectivity index (χ4v) is 6.66. The van der Waals surface area contributed by atoms with Crippen LogP contribution >= 0.6 is 0 Å². The second kappa shape index (κ2) is 2.90. The molecule has 0 N–H and O–H groups in total. The van der Waals surface area contributed by atoms with Crippen LogP contribution in [0.15, 0.2) is 11.1 Å². The Kier molecular flexibility index (Phi) is 1.67. The first-order chi connectivity index (χ1) is 9.38. The largest absolute Gasteiger partial charge is 0.393 e. The molecular weight excluding hydrogens is 252 g/mol. The molecule has 2 saturated carbocycles. The van der Waals surface area contributed by atoms with Crippen LogP contribution in [0, 0.1) is 40.4 Å². The van der Waals surface area contributed by atoms with Gasteiger partial charge in [-0.05, 0) is 47.8 Å². The number of ether oxygens (including phenoxy) is 1. The topological polar surface area (TPSA) is 43.4 Å². The number of allylic oxidation sites excluding steroid dienone is 2. The molecule has 4 aliphatic carbocycles. The molecule has 0 spiro atoms. The molecule has 106 valence electrons. The molecule has 1 saturated heterocycles. The lowest BCUT2D eigenvalue weighted by Gasteiger charge is -2.40. The van der Waals surface area contributed by atoms with Crippen LogP contribution in [0.5, 0.6) is 0 Å². The van der Waals surface area contributed by atoms with Crippen LogP contribution in [0.1, 0.15) is 40.0 Å². The molecule has 5 rings (SSSR count). The van der Waals surface area contributed by atoms with Gasteiger partial charge < -0.3 is 4.74 Å². The zero-order chi connectivity index (χ0) is 14.0. The van der Waals surface area contributed by atoms with Gasteiger partial charge in [-0.15, -0.1) is 0 Å². The Balaban J connectivity index is 1.71. The monoisotopic (exact) mass is 272 g/mol. The smallest absolute Gasteiger partial charge is 0.318 e. The molecule has 0 radical (unpaired) electrons. The Morgan fingerprint density at radius 3 is 2.40 bits per heavy atom. The number of hydrogen-bond acceptors (Lipinski definition) is 3. The van der Waals surface area contributed by atoms with Gasteiger partial charge in [-0.1, -0.05) is 31.9 Å². The van der Waals surface area contributed by atoms with Crippen LogP contribution < -0.4 is 0 Å². The summed E-state index contributed by atoms with van der Waals surface area (Å²) in [4.78, 5) is 24.1. The van der Waals surface area contributed by atoms with E-state index in [4.69, 9.17) is 4.74 Å². The summed E-state index contributed by atoms with van der Waals surface area (Å²) < 4.78 is 4.95. The van der Waals surface area contributed by atoms with Crippen LogP contribution in [0.4, 0.5) is 0 Å². The summed E-state index contributed by atoms with van der Waals surface area (Å²) in [5.74, 6) is 0.442. The number of carbonyl (C=O) groups is 2. The summed E-state index contributed by atoms with van der Waals surface area (Å²) in [6, 6.07) is 0. The zero-order valence-electron chi connectivity index (χ0n) is 12.2. The first-order valence-electron chi connectivity index (χ1n) is 7.88. The number of hydrogen-bond donors (Lipinski definition) is 0. The molecule has 20 heavy (non-hydrogen) atoms. The van der Waals surface area contributed by atoms with Gasteiger partial charge >= 0.3 is 11.9 Å². The molecular formula is C17H20O3. The number of esters is 2. The van der Waals surface area contributed by atoms with E-state index in [1.165, 1.54) is 12.8 Å². The van der Waals surface area contributed by atoms with Gasteiger partial charge in [-0.25, -0.2) is 0 Å². The van der Waals surface area contributed by atoms with Gasteiger partial charge in [0.05, 0.1) is 11.8 Å². The van der Waals surface area contributed by atoms with E-state index in [0.717, 1.165) is 6.42 Å². The van der Waals surface area contributed by atoms with E-state index in [1.54, 1.807) is 11.1 Å². The minimum Gasteiger partial charge on any atom is -0.393 e. The molecule has 1 aliphatic heterocycles. The van der Waals surface area contributed by atoms with Crippen molar-refractivity contribution in [3.63, 3.8) is 0 Å². The highest BCUT2D eigenvalue weighted by atomic mass is 16.6. The normalized spacial score (nSPS) is 53.6. The Labute approximate surface area is 118 Å². The summed E-state index contributed by atoms with van der Waals surface area (Å²) >= 11 is 0. The van der Waals surface area contributed by atoms with Crippen LogP contribution in [0.25, 0.3) is 0 Å². The fourth-order valence-electron chi connectivity index (χ4n) is 6.66. The van der Waals surface area contributed by atoms with Crippen LogP contribution in [0.2, 0.25) is 0 Å². The van der Waals surface area contributed by atoms with Gasteiger partial charge in [0.25, 0.3) is 0 Å². The maximum absolute atomic E-state index is 12.1. The maximum atomic E-state index is 12.1. The van der Waals surface area contributed by atoms with Crippen molar-refractivity contribution in [1.82, 2.24) is 0 Å². The summed E-state index contributed by atoms with van der Waals surface area (Å²) in [6.07, 6.45) is 3.53. The van der Waals surface area contributed by atoms with Crippen molar-refractivity contribution < 1.29 is 14.3 Å². The Morgan fingerprint density at radius 2 is 1.70 bits per heavy atom. The lowest BCUT2D eigenvalue weighted by molar-refractivity contribution is -0.154. The van der Waals surface area contributed by atoms with Crippen molar-refractivity contribution in [2.24, 2.45) is 40.4 Å². The highest BCUT2D eigenvalue weighted by Crippen LogP contribution is 2.77. The van der Waals surface area contributed by atoms with E-state index < -0.39 is 0 Å². The van der Waals surface area contributed by atoms with Gasteiger partial charge in [0.15, 0.2) is 0 Å². The minimum absolute atomic E-state index is 0.148. The predicted octanol–water partition coefficient (Wildman–Crippen LogP) is 2.70. The van der Waals surface area contributed by atoms with E-state index >= 15 is 0 Å². The number of cyclic esters (lactones) is 2. The van der Waals surface area contributed by atoms with Gasteiger partial charge in [0, 0.05) is 0 Å². The summed E-state index contributed by atoms with van der Waals surface area (Å²) in [7, 11) is 0. The number of fused-ring (bicyclic) bond motifs is 11. The average Bonchev–Trinajstić information content (AvgIpc) is 3.07. The van der Waals surface area contributed by atoms with Gasteiger partial charge in [-0.2, -0.15) is 0 Å². The summed E-state index contributed by atoms with van der Waals surface area (Å²) in [6.45, 7) is 7.17. The quantitative estimate of drug-likeness (QED) is 0.295. The standard InChI is InChI=1S/C17H20O3/c1-16(2)9-4-5-17(16,3)13-8-6-7(10(9)13)11-12(8)15(19)20-14(11)18/h7-9,11-12H,4-6H2,1-3H3/t7-,8+,9+,11+,12-,17-/m1/s1. The van der Waals surface area contributed by atoms with Crippen molar-refractivity contribution >= 4 is 11.9 Å². The Hall–Kier alpha value is -1.12. The Bertz CT molecular complexity index is 614. The van der Waals surface area contributed by atoms with Crippen LogP contribution in [-0.2, 0) is 14.3 Å².